The second-order valence-electron chi connectivity index (χ2n) is 16.0. The van der Waals surface area contributed by atoms with Crippen LogP contribution in [0.5, 0.6) is 0 Å². The van der Waals surface area contributed by atoms with Crippen LogP contribution in [0.2, 0.25) is 0 Å². The fourth-order valence-corrected chi connectivity index (χ4v) is 6.95. The van der Waals surface area contributed by atoms with E-state index in [0.29, 0.717) is 6.42 Å². The van der Waals surface area contributed by atoms with Crippen LogP contribution >= 0.6 is 0 Å². The Morgan fingerprint density at radius 2 is 0.796 bits per heavy atom. The van der Waals surface area contributed by atoms with Crippen LogP contribution in [-0.2, 0) is 4.79 Å². The topological polar surface area (TPSA) is 89.8 Å². The van der Waals surface area contributed by atoms with Gasteiger partial charge in [-0.25, -0.2) is 0 Å². The van der Waals surface area contributed by atoms with Crippen LogP contribution in [0.3, 0.4) is 0 Å². The zero-order valence-corrected chi connectivity index (χ0v) is 35.8. The minimum Gasteiger partial charge on any atom is -0.394 e. The molecule has 0 fully saturated rings. The van der Waals surface area contributed by atoms with Gasteiger partial charge in [0.15, 0.2) is 0 Å². The summed E-state index contributed by atoms with van der Waals surface area (Å²) in [6.45, 7) is 4.20. The predicted molar refractivity (Wildman–Crippen MR) is 236 cm³/mol. The van der Waals surface area contributed by atoms with Gasteiger partial charge in [0.25, 0.3) is 0 Å². The molecule has 5 nitrogen and oxygen atoms in total. The quantitative estimate of drug-likeness (QED) is 0.0369. The predicted octanol–water partition coefficient (Wildman–Crippen LogP) is 13.7. The Kier molecular flexibility index (Phi) is 42.7. The molecule has 0 aliphatic carbocycles. The Labute approximate surface area is 336 Å². The molecule has 0 radical (unpaired) electrons. The molecule has 3 unspecified atom stereocenters. The molecule has 5 heteroatoms. The first-order valence-corrected chi connectivity index (χ1v) is 23.4. The number of aliphatic hydroxyl groups excluding tert-OH is 3. The molecular formula is C49H91NO4. The van der Waals surface area contributed by atoms with Crippen LogP contribution in [0.4, 0.5) is 0 Å². The van der Waals surface area contributed by atoms with Crippen LogP contribution in [-0.4, -0.2) is 46.1 Å². The van der Waals surface area contributed by atoms with Crippen molar-refractivity contribution in [3.63, 3.8) is 0 Å². The van der Waals surface area contributed by atoms with Crippen molar-refractivity contribution < 1.29 is 20.1 Å². The van der Waals surface area contributed by atoms with Crippen molar-refractivity contribution in [2.75, 3.05) is 6.61 Å². The Bertz CT molecular complexity index is 881. The van der Waals surface area contributed by atoms with Gasteiger partial charge in [0.2, 0.25) is 5.91 Å². The Morgan fingerprint density at radius 3 is 1.19 bits per heavy atom. The van der Waals surface area contributed by atoms with Crippen molar-refractivity contribution in [1.82, 2.24) is 5.32 Å². The van der Waals surface area contributed by atoms with Gasteiger partial charge in [-0.2, -0.15) is 0 Å². The van der Waals surface area contributed by atoms with Crippen LogP contribution in [0.25, 0.3) is 0 Å². The molecule has 54 heavy (non-hydrogen) atoms. The van der Waals surface area contributed by atoms with E-state index in [1.807, 2.05) is 6.08 Å². The lowest BCUT2D eigenvalue weighted by Gasteiger charge is -2.20. The second-order valence-corrected chi connectivity index (χ2v) is 16.0. The highest BCUT2D eigenvalue weighted by Crippen LogP contribution is 2.14. The largest absolute Gasteiger partial charge is 0.394 e. The molecule has 316 valence electrons. The van der Waals surface area contributed by atoms with E-state index in [2.05, 4.69) is 55.6 Å². The molecule has 0 aromatic carbocycles. The summed E-state index contributed by atoms with van der Waals surface area (Å²) in [6, 6.07) is -0.773. The minimum atomic E-state index is -0.964. The van der Waals surface area contributed by atoms with Crippen LogP contribution in [0.15, 0.2) is 48.6 Å². The first-order chi connectivity index (χ1) is 26.5. The molecule has 0 aromatic heterocycles. The highest BCUT2D eigenvalue weighted by molar-refractivity contribution is 5.76. The second kappa shape index (κ2) is 44.0. The number of allylic oxidation sites excluding steroid dienone is 7. The number of hydrogen-bond donors (Lipinski definition) is 4. The third-order valence-electron chi connectivity index (χ3n) is 10.6. The summed E-state index contributed by atoms with van der Waals surface area (Å²) < 4.78 is 0. The highest BCUT2D eigenvalue weighted by atomic mass is 16.3. The van der Waals surface area contributed by atoms with E-state index < -0.39 is 18.2 Å². The maximum Gasteiger partial charge on any atom is 0.222 e. The van der Waals surface area contributed by atoms with Crippen molar-refractivity contribution in [1.29, 1.82) is 0 Å². The van der Waals surface area contributed by atoms with Gasteiger partial charge in [-0.1, -0.05) is 204 Å². The molecule has 0 aromatic rings. The molecule has 0 rings (SSSR count). The smallest absolute Gasteiger partial charge is 0.222 e. The average Bonchev–Trinajstić information content (AvgIpc) is 3.16. The lowest BCUT2D eigenvalue weighted by molar-refractivity contribution is -0.124. The van der Waals surface area contributed by atoms with E-state index >= 15 is 0 Å². The highest BCUT2D eigenvalue weighted by Gasteiger charge is 2.20. The normalized spacial score (nSPS) is 13.9. The van der Waals surface area contributed by atoms with Crippen LogP contribution in [0, 0.1) is 0 Å². The summed E-state index contributed by atoms with van der Waals surface area (Å²) >= 11 is 0. The molecule has 0 aliphatic heterocycles. The molecule has 0 saturated heterocycles. The summed E-state index contributed by atoms with van der Waals surface area (Å²) in [5, 5.41) is 33.2. The number of hydrogen-bond acceptors (Lipinski definition) is 4. The SMILES string of the molecule is CCCCCCCCCCC/C=C\CCCCCC(O)CC(=O)NC(CO)C(O)/C=C/CC/C=C/CC/C=C/CCCCCCCCCCCCCCC. The summed E-state index contributed by atoms with van der Waals surface area (Å²) in [5.41, 5.74) is 0. The number of rotatable bonds is 42. The first kappa shape index (κ1) is 52.3. The van der Waals surface area contributed by atoms with Crippen LogP contribution in [0.1, 0.15) is 232 Å². The van der Waals surface area contributed by atoms with Crippen LogP contribution < -0.4 is 5.32 Å². The number of carbonyl (C=O) groups excluding carboxylic acids is 1. The lowest BCUT2D eigenvalue weighted by atomic mass is 10.0. The van der Waals surface area contributed by atoms with Gasteiger partial charge >= 0.3 is 0 Å². The first-order valence-electron chi connectivity index (χ1n) is 23.4. The summed E-state index contributed by atoms with van der Waals surface area (Å²) in [7, 11) is 0. The van der Waals surface area contributed by atoms with Gasteiger partial charge in [-0.3, -0.25) is 4.79 Å². The average molecular weight is 758 g/mol. The minimum absolute atomic E-state index is 0.00893. The van der Waals surface area contributed by atoms with E-state index in [1.54, 1.807) is 6.08 Å². The Balaban J connectivity index is 3.74. The fraction of sp³-hybridized carbons (Fsp3) is 0.816. The van der Waals surface area contributed by atoms with Gasteiger partial charge in [-0.15, -0.1) is 0 Å². The van der Waals surface area contributed by atoms with Gasteiger partial charge in [-0.05, 0) is 70.6 Å². The van der Waals surface area contributed by atoms with Crippen molar-refractivity contribution in [3.05, 3.63) is 48.6 Å². The number of unbranched alkanes of at least 4 members (excludes halogenated alkanes) is 27. The van der Waals surface area contributed by atoms with Gasteiger partial charge in [0, 0.05) is 0 Å². The zero-order chi connectivity index (χ0) is 39.4. The monoisotopic (exact) mass is 758 g/mol. The molecule has 0 aliphatic rings. The summed E-state index contributed by atoms with van der Waals surface area (Å²) in [5.74, 6) is -0.338. The van der Waals surface area contributed by atoms with Crippen molar-refractivity contribution >= 4 is 5.91 Å². The van der Waals surface area contributed by atoms with E-state index in [9.17, 15) is 20.1 Å². The maximum atomic E-state index is 12.4. The number of nitrogens with one attached hydrogen (secondary N) is 1. The number of aliphatic hydroxyl groups is 3. The molecule has 0 heterocycles. The Morgan fingerprint density at radius 1 is 0.463 bits per heavy atom. The summed E-state index contributed by atoms with van der Waals surface area (Å²) in [4.78, 5) is 12.4. The van der Waals surface area contributed by atoms with E-state index in [0.717, 1.165) is 51.4 Å². The summed E-state index contributed by atoms with van der Waals surface area (Å²) in [6.07, 6.45) is 56.9. The third kappa shape index (κ3) is 40.0. The van der Waals surface area contributed by atoms with E-state index in [1.165, 1.54) is 154 Å². The van der Waals surface area contributed by atoms with Gasteiger partial charge in [0.1, 0.15) is 0 Å². The molecule has 3 atom stereocenters. The molecule has 0 bridgehead atoms. The number of amides is 1. The van der Waals surface area contributed by atoms with Gasteiger partial charge < -0.3 is 20.6 Å². The molecule has 4 N–H and O–H groups in total. The Hall–Kier alpha value is -1.69. The van der Waals surface area contributed by atoms with E-state index in [-0.39, 0.29) is 18.9 Å². The lowest BCUT2D eigenvalue weighted by Crippen LogP contribution is -2.45. The van der Waals surface area contributed by atoms with Crippen molar-refractivity contribution in [2.24, 2.45) is 0 Å². The third-order valence-corrected chi connectivity index (χ3v) is 10.6. The van der Waals surface area contributed by atoms with Gasteiger partial charge in [0.05, 0.1) is 31.3 Å². The van der Waals surface area contributed by atoms with Crippen molar-refractivity contribution in [3.8, 4) is 0 Å². The standard InChI is InChI=1S/C49H91NO4/c1-3-5-7-9-11-13-15-17-19-21-22-23-24-25-26-27-29-31-33-35-37-39-41-43-48(53)47(45-51)50-49(54)44-46(52)42-40-38-36-34-32-30-28-20-18-16-14-12-10-8-6-4-2/h26-27,30,32-33,35,41,43,46-48,51-53H,3-25,28-29,31,34,36-40,42,44-45H2,1-2H3,(H,50,54)/b27-26+,32-30-,35-33+,43-41+. The van der Waals surface area contributed by atoms with E-state index in [4.69, 9.17) is 0 Å². The zero-order valence-electron chi connectivity index (χ0n) is 35.8. The molecule has 0 spiro atoms. The molecule has 0 saturated carbocycles. The van der Waals surface area contributed by atoms with Crippen molar-refractivity contribution in [2.45, 2.75) is 250 Å². The maximum absolute atomic E-state index is 12.4. The molecule has 1 amide bonds. The number of carbonyl (C=O) groups is 1. The fourth-order valence-electron chi connectivity index (χ4n) is 6.95. The molecular weight excluding hydrogens is 667 g/mol.